The van der Waals surface area contributed by atoms with Crippen molar-refractivity contribution in [3.63, 3.8) is 0 Å². The van der Waals surface area contributed by atoms with Crippen molar-refractivity contribution in [3.05, 3.63) is 76.4 Å². The molecular formula is C27H25F6N5O. The summed E-state index contributed by atoms with van der Waals surface area (Å²) in [5.41, 5.74) is -1.80. The van der Waals surface area contributed by atoms with Crippen LogP contribution in [0.3, 0.4) is 0 Å². The Labute approximate surface area is 220 Å². The number of carbonyl (C=O) groups is 1. The van der Waals surface area contributed by atoms with Crippen molar-refractivity contribution in [3.8, 4) is 0 Å². The van der Waals surface area contributed by atoms with Crippen LogP contribution in [0.5, 0.6) is 0 Å². The first-order valence-electron chi connectivity index (χ1n) is 12.6. The van der Waals surface area contributed by atoms with Crippen molar-refractivity contribution in [2.45, 2.75) is 56.0 Å². The molecule has 12 heteroatoms. The molecule has 6 rings (SSSR count). The van der Waals surface area contributed by atoms with Gasteiger partial charge in [-0.2, -0.15) is 13.2 Å². The summed E-state index contributed by atoms with van der Waals surface area (Å²) in [5, 5.41) is 7.42. The summed E-state index contributed by atoms with van der Waals surface area (Å²) < 4.78 is 87.7. The molecule has 0 bridgehead atoms. The van der Waals surface area contributed by atoms with Crippen molar-refractivity contribution < 1.29 is 31.1 Å². The SMILES string of the molecule is Cn1cnnc1[C@H](F)C1(c2cccc(N3Cc4c(cc(CN5CCC5)cc4C(F)(F)F)C3=O)c2)CC(F)(F)C1. The van der Waals surface area contributed by atoms with E-state index in [1.54, 1.807) is 0 Å². The summed E-state index contributed by atoms with van der Waals surface area (Å²) in [7, 11) is 1.51. The molecule has 0 spiro atoms. The predicted molar refractivity (Wildman–Crippen MR) is 129 cm³/mol. The Morgan fingerprint density at radius 3 is 2.44 bits per heavy atom. The van der Waals surface area contributed by atoms with Crippen LogP contribution in [0.15, 0.2) is 42.7 Å². The Morgan fingerprint density at radius 2 is 1.85 bits per heavy atom. The van der Waals surface area contributed by atoms with E-state index in [1.165, 1.54) is 53.2 Å². The number of hydrogen-bond acceptors (Lipinski definition) is 4. The predicted octanol–water partition coefficient (Wildman–Crippen LogP) is 5.58. The Hall–Kier alpha value is -3.41. The fourth-order valence-corrected chi connectivity index (χ4v) is 5.97. The van der Waals surface area contributed by atoms with Crippen molar-refractivity contribution in [1.82, 2.24) is 19.7 Å². The summed E-state index contributed by atoms with van der Waals surface area (Å²) >= 11 is 0. The van der Waals surface area contributed by atoms with Crippen LogP contribution in [-0.2, 0) is 31.7 Å². The molecule has 2 aromatic carbocycles. The number of aryl methyl sites for hydroxylation is 1. The molecule has 2 aliphatic heterocycles. The second-order valence-corrected chi connectivity index (χ2v) is 10.8. The summed E-state index contributed by atoms with van der Waals surface area (Å²) in [4.78, 5) is 16.6. The molecule has 3 aliphatic rings. The van der Waals surface area contributed by atoms with Crippen LogP contribution in [0, 0.1) is 0 Å². The molecule has 1 saturated heterocycles. The smallest absolute Gasteiger partial charge is 0.318 e. The molecule has 3 heterocycles. The second-order valence-electron chi connectivity index (χ2n) is 10.8. The molecule has 0 N–H and O–H groups in total. The zero-order valence-corrected chi connectivity index (χ0v) is 21.0. The van der Waals surface area contributed by atoms with E-state index < -0.39 is 48.0 Å². The fraction of sp³-hybridized carbons (Fsp3) is 0.444. The van der Waals surface area contributed by atoms with E-state index in [0.29, 0.717) is 12.1 Å². The molecule has 39 heavy (non-hydrogen) atoms. The highest BCUT2D eigenvalue weighted by Gasteiger charge is 2.62. The van der Waals surface area contributed by atoms with E-state index in [2.05, 4.69) is 10.2 Å². The van der Waals surface area contributed by atoms with Crippen molar-refractivity contribution in [2.75, 3.05) is 18.0 Å². The third-order valence-electron chi connectivity index (χ3n) is 8.10. The van der Waals surface area contributed by atoms with Gasteiger partial charge in [-0.05, 0) is 60.5 Å². The van der Waals surface area contributed by atoms with Gasteiger partial charge in [0.1, 0.15) is 6.33 Å². The average molecular weight is 550 g/mol. The molecule has 0 unspecified atom stereocenters. The van der Waals surface area contributed by atoms with Gasteiger partial charge in [-0.1, -0.05) is 12.1 Å². The number of hydrogen-bond donors (Lipinski definition) is 0. The summed E-state index contributed by atoms with van der Waals surface area (Å²) in [6, 6.07) is 8.56. The van der Waals surface area contributed by atoms with Crippen LogP contribution < -0.4 is 4.90 Å². The summed E-state index contributed by atoms with van der Waals surface area (Å²) in [5.74, 6) is -3.81. The number of anilines is 1. The number of benzene rings is 2. The van der Waals surface area contributed by atoms with Gasteiger partial charge < -0.3 is 9.47 Å². The van der Waals surface area contributed by atoms with Crippen LogP contribution in [0.1, 0.15) is 63.9 Å². The number of halogens is 6. The molecule has 206 valence electrons. The Bertz CT molecular complexity index is 1440. The second kappa shape index (κ2) is 8.80. The third kappa shape index (κ3) is 4.29. The number of likely N-dealkylation sites (tertiary alicyclic amines) is 1. The summed E-state index contributed by atoms with van der Waals surface area (Å²) in [6.45, 7) is 1.56. The first kappa shape index (κ1) is 25.8. The van der Waals surface area contributed by atoms with Gasteiger partial charge in [0.25, 0.3) is 5.91 Å². The van der Waals surface area contributed by atoms with Crippen molar-refractivity contribution in [1.29, 1.82) is 0 Å². The molecule has 1 atom stereocenters. The van der Waals surface area contributed by atoms with Gasteiger partial charge in [0.2, 0.25) is 5.92 Å². The lowest BCUT2D eigenvalue weighted by atomic mass is 9.59. The molecule has 1 saturated carbocycles. The minimum Gasteiger partial charge on any atom is -0.318 e. The van der Waals surface area contributed by atoms with E-state index >= 15 is 4.39 Å². The fourth-order valence-electron chi connectivity index (χ4n) is 5.97. The first-order valence-corrected chi connectivity index (χ1v) is 12.6. The molecule has 3 aromatic rings. The van der Waals surface area contributed by atoms with E-state index in [4.69, 9.17) is 0 Å². The number of alkyl halides is 6. The number of carbonyl (C=O) groups excluding carboxylic acids is 1. The topological polar surface area (TPSA) is 54.3 Å². The number of amides is 1. The van der Waals surface area contributed by atoms with Crippen LogP contribution in [0.4, 0.5) is 32.0 Å². The average Bonchev–Trinajstić information content (AvgIpc) is 3.41. The Balaban J connectivity index is 1.36. The number of aromatic nitrogens is 3. The van der Waals surface area contributed by atoms with Crippen LogP contribution in [0.2, 0.25) is 0 Å². The molecular weight excluding hydrogens is 524 g/mol. The number of fused-ring (bicyclic) bond motifs is 1. The van der Waals surface area contributed by atoms with Gasteiger partial charge in [-0.15, -0.1) is 10.2 Å². The monoisotopic (exact) mass is 549 g/mol. The van der Waals surface area contributed by atoms with Crippen molar-refractivity contribution in [2.24, 2.45) is 7.05 Å². The largest absolute Gasteiger partial charge is 0.416 e. The third-order valence-corrected chi connectivity index (χ3v) is 8.10. The van der Waals surface area contributed by atoms with E-state index in [-0.39, 0.29) is 34.7 Å². The van der Waals surface area contributed by atoms with Crippen LogP contribution in [-0.4, -0.2) is 44.6 Å². The maximum absolute atomic E-state index is 15.9. The van der Waals surface area contributed by atoms with E-state index in [9.17, 15) is 26.7 Å². The standard InChI is InChI=1S/C27H25F6N5O/c1-36-15-34-35-23(36)22(28)25(13-26(29,30)14-25)17-4-2-5-18(10-17)38-12-20-19(24(38)39)8-16(11-37-6-3-7-37)9-21(20)27(31,32)33/h2,4-5,8-10,15,22H,3,6-7,11-14H2,1H3/t22-/m0/s1. The Kier molecular flexibility index (Phi) is 5.83. The van der Waals surface area contributed by atoms with Crippen LogP contribution in [0.25, 0.3) is 0 Å². The lowest BCUT2D eigenvalue weighted by Gasteiger charge is -2.49. The van der Waals surface area contributed by atoms with Gasteiger partial charge in [0, 0.05) is 43.1 Å². The van der Waals surface area contributed by atoms with Gasteiger partial charge in [-0.25, -0.2) is 13.2 Å². The lowest BCUT2D eigenvalue weighted by molar-refractivity contribution is -0.151. The van der Waals surface area contributed by atoms with Crippen LogP contribution >= 0.6 is 0 Å². The normalized spacial score (nSPS) is 20.9. The van der Waals surface area contributed by atoms with Gasteiger partial charge in [0.05, 0.1) is 12.1 Å². The first-order chi connectivity index (χ1) is 18.4. The maximum atomic E-state index is 15.9. The zero-order valence-electron chi connectivity index (χ0n) is 21.0. The quantitative estimate of drug-likeness (QED) is 0.377. The van der Waals surface area contributed by atoms with Crippen molar-refractivity contribution >= 4 is 11.6 Å². The maximum Gasteiger partial charge on any atom is 0.416 e. The highest BCUT2D eigenvalue weighted by Crippen LogP contribution is 2.60. The number of rotatable bonds is 6. The van der Waals surface area contributed by atoms with Gasteiger partial charge >= 0.3 is 6.18 Å². The number of nitrogens with zero attached hydrogens (tertiary/aromatic N) is 5. The summed E-state index contributed by atoms with van der Waals surface area (Å²) in [6.07, 6.45) is -5.87. The molecule has 6 nitrogen and oxygen atoms in total. The highest BCUT2D eigenvalue weighted by molar-refractivity contribution is 6.10. The molecule has 0 radical (unpaired) electrons. The van der Waals surface area contributed by atoms with E-state index in [1.807, 2.05) is 4.90 Å². The lowest BCUT2D eigenvalue weighted by Crippen LogP contribution is -2.52. The van der Waals surface area contributed by atoms with E-state index in [0.717, 1.165) is 25.6 Å². The zero-order chi connectivity index (χ0) is 27.7. The minimum atomic E-state index is -4.66. The van der Waals surface area contributed by atoms with Gasteiger partial charge in [-0.3, -0.25) is 9.69 Å². The molecule has 1 aliphatic carbocycles. The van der Waals surface area contributed by atoms with Gasteiger partial charge in [0.15, 0.2) is 12.0 Å². The molecule has 1 amide bonds. The molecule has 2 fully saturated rings. The Morgan fingerprint density at radius 1 is 1.10 bits per heavy atom. The molecule has 1 aromatic heterocycles. The minimum absolute atomic E-state index is 0.0295. The highest BCUT2D eigenvalue weighted by atomic mass is 19.4.